The average molecular weight is 236 g/mol. The highest BCUT2D eigenvalue weighted by Gasteiger charge is 2.13. The number of carbonyl (C=O) groups is 1. The van der Waals surface area contributed by atoms with Gasteiger partial charge < -0.3 is 10.5 Å². The van der Waals surface area contributed by atoms with Crippen LogP contribution in [0.1, 0.15) is 10.4 Å². The van der Waals surface area contributed by atoms with Gasteiger partial charge in [0.05, 0.1) is 17.5 Å². The van der Waals surface area contributed by atoms with E-state index in [1.165, 1.54) is 24.6 Å². The van der Waals surface area contributed by atoms with Crippen molar-refractivity contribution in [2.24, 2.45) is 0 Å². The van der Waals surface area contributed by atoms with Gasteiger partial charge in [0.2, 0.25) is 0 Å². The number of rotatable bonds is 2. The summed E-state index contributed by atoms with van der Waals surface area (Å²) >= 11 is 1.40. The first-order chi connectivity index (χ1) is 7.72. The molecule has 0 aliphatic rings. The predicted octanol–water partition coefficient (Wildman–Crippen LogP) is 0.969. The molecular weight excluding hydrogens is 228 g/mol. The van der Waals surface area contributed by atoms with Crippen LogP contribution >= 0.6 is 11.3 Å². The molecule has 0 saturated carbocycles. The van der Waals surface area contributed by atoms with Crippen LogP contribution in [0.3, 0.4) is 0 Å². The molecular formula is C9H8N4O2S. The molecule has 0 saturated heterocycles. The normalized spacial score (nSPS) is 10.1. The Hall–Kier alpha value is -2.02. The summed E-state index contributed by atoms with van der Waals surface area (Å²) < 4.78 is 4.54. The highest BCUT2D eigenvalue weighted by Crippen LogP contribution is 2.21. The highest BCUT2D eigenvalue weighted by atomic mass is 32.1. The summed E-state index contributed by atoms with van der Waals surface area (Å²) in [6, 6.07) is 0. The lowest BCUT2D eigenvalue weighted by Crippen LogP contribution is -2.08. The summed E-state index contributed by atoms with van der Waals surface area (Å²) in [5, 5.41) is 0. The summed E-state index contributed by atoms with van der Waals surface area (Å²) in [5.74, 6) is 0.00579. The fraction of sp³-hybridized carbons (Fsp3) is 0.111. The minimum atomic E-state index is -0.548. The van der Waals surface area contributed by atoms with Crippen LogP contribution in [0.5, 0.6) is 0 Å². The largest absolute Gasteiger partial charge is 0.465 e. The molecule has 2 heterocycles. The smallest absolute Gasteiger partial charge is 0.343 e. The number of methoxy groups -OCH3 is 1. The van der Waals surface area contributed by atoms with Gasteiger partial charge in [-0.05, 0) is 0 Å². The number of carbonyl (C=O) groups excluding carboxylic acids is 1. The van der Waals surface area contributed by atoms with Gasteiger partial charge >= 0.3 is 5.97 Å². The molecule has 82 valence electrons. The van der Waals surface area contributed by atoms with E-state index >= 15 is 0 Å². The Morgan fingerprint density at radius 1 is 1.50 bits per heavy atom. The number of nitrogen functional groups attached to an aromatic ring is 1. The standard InChI is InChI=1S/C9H8N4O2S/c1-15-9(14)5-2-12-8(13-7(5)10)6-3-11-4-16-6/h2-4H,1H3,(H2,10,12,13). The number of esters is 1. The van der Waals surface area contributed by atoms with E-state index in [1.54, 1.807) is 11.7 Å². The molecule has 2 rings (SSSR count). The molecule has 2 aromatic heterocycles. The maximum Gasteiger partial charge on any atom is 0.343 e. The summed E-state index contributed by atoms with van der Waals surface area (Å²) in [7, 11) is 1.28. The quantitative estimate of drug-likeness (QED) is 0.781. The molecule has 6 nitrogen and oxygen atoms in total. The molecule has 0 aromatic carbocycles. The van der Waals surface area contributed by atoms with Crippen LogP contribution in [0.4, 0.5) is 5.82 Å². The summed E-state index contributed by atoms with van der Waals surface area (Å²) in [6.45, 7) is 0. The zero-order valence-electron chi connectivity index (χ0n) is 8.38. The van der Waals surface area contributed by atoms with E-state index in [0.29, 0.717) is 5.82 Å². The Bertz CT molecular complexity index is 512. The Balaban J connectivity index is 2.41. The van der Waals surface area contributed by atoms with Crippen LogP contribution in [0.25, 0.3) is 10.7 Å². The van der Waals surface area contributed by atoms with E-state index in [-0.39, 0.29) is 11.4 Å². The fourth-order valence-electron chi connectivity index (χ4n) is 1.11. The lowest BCUT2D eigenvalue weighted by Gasteiger charge is -2.03. The maximum absolute atomic E-state index is 11.2. The van der Waals surface area contributed by atoms with Crippen LogP contribution in [0.2, 0.25) is 0 Å². The second-order valence-electron chi connectivity index (χ2n) is 2.85. The molecule has 0 fully saturated rings. The molecule has 2 aromatic rings. The highest BCUT2D eigenvalue weighted by molar-refractivity contribution is 7.13. The van der Waals surface area contributed by atoms with E-state index in [2.05, 4.69) is 19.7 Å². The molecule has 0 unspecified atom stereocenters. The van der Waals surface area contributed by atoms with E-state index < -0.39 is 5.97 Å². The first-order valence-electron chi connectivity index (χ1n) is 4.32. The summed E-state index contributed by atoms with van der Waals surface area (Å²) in [5.41, 5.74) is 7.47. The van der Waals surface area contributed by atoms with Gasteiger partial charge in [-0.15, -0.1) is 11.3 Å². The number of hydrogen-bond acceptors (Lipinski definition) is 7. The summed E-state index contributed by atoms with van der Waals surface area (Å²) in [6.07, 6.45) is 2.99. The fourth-order valence-corrected chi connectivity index (χ4v) is 1.67. The number of aromatic nitrogens is 3. The van der Waals surface area contributed by atoms with Crippen molar-refractivity contribution < 1.29 is 9.53 Å². The van der Waals surface area contributed by atoms with Crippen molar-refractivity contribution in [2.75, 3.05) is 12.8 Å². The zero-order chi connectivity index (χ0) is 11.5. The Kier molecular flexibility index (Phi) is 2.78. The van der Waals surface area contributed by atoms with Gasteiger partial charge in [-0.3, -0.25) is 4.98 Å². The third-order valence-electron chi connectivity index (χ3n) is 1.88. The molecule has 0 amide bonds. The molecule has 0 radical (unpaired) electrons. The maximum atomic E-state index is 11.2. The van der Waals surface area contributed by atoms with Crippen LogP contribution in [0.15, 0.2) is 17.9 Å². The van der Waals surface area contributed by atoms with Crippen LogP contribution in [0, 0.1) is 0 Å². The molecule has 2 N–H and O–H groups in total. The van der Waals surface area contributed by atoms with Gasteiger partial charge in [0.25, 0.3) is 0 Å². The summed E-state index contributed by atoms with van der Waals surface area (Å²) in [4.78, 5) is 24.0. The van der Waals surface area contributed by atoms with Crippen LogP contribution < -0.4 is 5.73 Å². The van der Waals surface area contributed by atoms with Crippen molar-refractivity contribution in [2.45, 2.75) is 0 Å². The number of thiazole rings is 1. The third-order valence-corrected chi connectivity index (χ3v) is 2.65. The molecule has 0 aliphatic carbocycles. The van der Waals surface area contributed by atoms with Gasteiger partial charge in [0.1, 0.15) is 11.4 Å². The molecule has 0 aliphatic heterocycles. The van der Waals surface area contributed by atoms with Crippen molar-refractivity contribution in [3.05, 3.63) is 23.5 Å². The number of anilines is 1. The molecule has 16 heavy (non-hydrogen) atoms. The van der Waals surface area contributed by atoms with Gasteiger partial charge in [0, 0.05) is 12.4 Å². The molecule has 0 atom stereocenters. The molecule has 7 heteroatoms. The van der Waals surface area contributed by atoms with Crippen molar-refractivity contribution in [1.29, 1.82) is 0 Å². The first-order valence-corrected chi connectivity index (χ1v) is 5.20. The second-order valence-corrected chi connectivity index (χ2v) is 3.74. The third kappa shape index (κ3) is 1.84. The van der Waals surface area contributed by atoms with Crippen LogP contribution in [-0.2, 0) is 4.74 Å². The van der Waals surface area contributed by atoms with E-state index in [9.17, 15) is 4.79 Å². The zero-order valence-corrected chi connectivity index (χ0v) is 9.19. The second kappa shape index (κ2) is 4.23. The Morgan fingerprint density at radius 2 is 2.31 bits per heavy atom. The topological polar surface area (TPSA) is 91.0 Å². The Labute approximate surface area is 95.1 Å². The van der Waals surface area contributed by atoms with Crippen molar-refractivity contribution in [3.8, 4) is 10.7 Å². The van der Waals surface area contributed by atoms with Crippen LogP contribution in [-0.4, -0.2) is 28.0 Å². The molecule has 0 bridgehead atoms. The van der Waals surface area contributed by atoms with Gasteiger partial charge in [-0.1, -0.05) is 0 Å². The average Bonchev–Trinajstić information content (AvgIpc) is 2.81. The SMILES string of the molecule is COC(=O)c1cnc(-c2cncs2)nc1N. The van der Waals surface area contributed by atoms with E-state index in [4.69, 9.17) is 5.73 Å². The molecule has 0 spiro atoms. The lowest BCUT2D eigenvalue weighted by atomic mass is 10.3. The van der Waals surface area contributed by atoms with Crippen molar-refractivity contribution >= 4 is 23.1 Å². The minimum Gasteiger partial charge on any atom is -0.465 e. The predicted molar refractivity (Wildman–Crippen MR) is 58.9 cm³/mol. The van der Waals surface area contributed by atoms with Crippen molar-refractivity contribution in [1.82, 2.24) is 15.0 Å². The number of nitrogens with two attached hydrogens (primary N) is 1. The van der Waals surface area contributed by atoms with Gasteiger partial charge in [-0.25, -0.2) is 14.8 Å². The van der Waals surface area contributed by atoms with Crippen molar-refractivity contribution in [3.63, 3.8) is 0 Å². The van der Waals surface area contributed by atoms with Gasteiger partial charge in [-0.2, -0.15) is 0 Å². The van der Waals surface area contributed by atoms with E-state index in [0.717, 1.165) is 4.88 Å². The monoisotopic (exact) mass is 236 g/mol. The van der Waals surface area contributed by atoms with Gasteiger partial charge in [0.15, 0.2) is 5.82 Å². The number of hydrogen-bond donors (Lipinski definition) is 1. The number of ether oxygens (including phenoxy) is 1. The minimum absolute atomic E-state index is 0.102. The first kappa shape index (κ1) is 10.5. The number of nitrogens with zero attached hydrogens (tertiary/aromatic N) is 3. The Morgan fingerprint density at radius 3 is 2.88 bits per heavy atom. The van der Waals surface area contributed by atoms with E-state index in [1.807, 2.05) is 0 Å². The lowest BCUT2D eigenvalue weighted by molar-refractivity contribution is 0.0601.